The molecule has 6 nitrogen and oxygen atoms in total. The van der Waals surface area contributed by atoms with Gasteiger partial charge in [-0.3, -0.25) is 4.79 Å². The number of amides is 1. The third-order valence-corrected chi connectivity index (χ3v) is 5.98. The lowest BCUT2D eigenvalue weighted by Crippen LogP contribution is -2.44. The Labute approximate surface area is 136 Å². The van der Waals surface area contributed by atoms with E-state index in [1.807, 2.05) is 0 Å². The molecule has 23 heavy (non-hydrogen) atoms. The van der Waals surface area contributed by atoms with Gasteiger partial charge < -0.3 is 15.2 Å². The van der Waals surface area contributed by atoms with E-state index in [0.29, 0.717) is 32.6 Å². The standard InChI is InChI=1S/C16H23NO5S/c18-13-16(7-9-22-10-8-16)12-17-15(19)6-11-23(20,21)14-4-2-1-3-5-14/h1-5,18H,6-13H2,(H,17,19). The number of sulfone groups is 1. The number of carbonyl (C=O) groups is 1. The molecular formula is C16H23NO5S. The summed E-state index contributed by atoms with van der Waals surface area (Å²) in [4.78, 5) is 12.2. The quantitative estimate of drug-likeness (QED) is 0.764. The summed E-state index contributed by atoms with van der Waals surface area (Å²) in [6, 6.07) is 8.10. The van der Waals surface area contributed by atoms with Crippen LogP contribution in [-0.2, 0) is 19.4 Å². The molecule has 1 saturated heterocycles. The van der Waals surface area contributed by atoms with E-state index in [1.165, 1.54) is 12.1 Å². The van der Waals surface area contributed by atoms with Crippen molar-refractivity contribution in [1.29, 1.82) is 0 Å². The zero-order valence-electron chi connectivity index (χ0n) is 13.0. The third-order valence-electron chi connectivity index (χ3n) is 4.25. The highest BCUT2D eigenvalue weighted by molar-refractivity contribution is 7.91. The van der Waals surface area contributed by atoms with Crippen molar-refractivity contribution >= 4 is 15.7 Å². The summed E-state index contributed by atoms with van der Waals surface area (Å²) < 4.78 is 29.5. The first-order chi connectivity index (χ1) is 11.0. The number of hydrogen-bond donors (Lipinski definition) is 2. The highest BCUT2D eigenvalue weighted by atomic mass is 32.2. The van der Waals surface area contributed by atoms with Crippen LogP contribution in [0.1, 0.15) is 19.3 Å². The van der Waals surface area contributed by atoms with Crippen LogP contribution in [0.15, 0.2) is 35.2 Å². The van der Waals surface area contributed by atoms with Crippen LogP contribution >= 0.6 is 0 Å². The molecule has 2 N–H and O–H groups in total. The van der Waals surface area contributed by atoms with Crippen molar-refractivity contribution in [2.24, 2.45) is 5.41 Å². The molecule has 1 aliphatic heterocycles. The lowest BCUT2D eigenvalue weighted by molar-refractivity contribution is -0.122. The maximum Gasteiger partial charge on any atom is 0.221 e. The van der Waals surface area contributed by atoms with Gasteiger partial charge in [0.2, 0.25) is 5.91 Å². The van der Waals surface area contributed by atoms with Crippen LogP contribution in [0, 0.1) is 5.41 Å². The Morgan fingerprint density at radius 1 is 1.22 bits per heavy atom. The monoisotopic (exact) mass is 341 g/mol. The van der Waals surface area contributed by atoms with Crippen LogP contribution in [-0.4, -0.2) is 51.5 Å². The zero-order chi connectivity index (χ0) is 16.8. The Morgan fingerprint density at radius 3 is 2.48 bits per heavy atom. The Hall–Kier alpha value is -1.44. The number of aliphatic hydroxyl groups excluding tert-OH is 1. The van der Waals surface area contributed by atoms with Gasteiger partial charge in [-0.2, -0.15) is 0 Å². The highest BCUT2D eigenvalue weighted by Gasteiger charge is 2.32. The largest absolute Gasteiger partial charge is 0.396 e. The summed E-state index contributed by atoms with van der Waals surface area (Å²) in [6.45, 7) is 1.47. The van der Waals surface area contributed by atoms with Crippen molar-refractivity contribution in [3.05, 3.63) is 30.3 Å². The highest BCUT2D eigenvalue weighted by Crippen LogP contribution is 2.28. The summed E-state index contributed by atoms with van der Waals surface area (Å²) in [5.41, 5.74) is -0.355. The van der Waals surface area contributed by atoms with Crippen LogP contribution < -0.4 is 5.32 Å². The van der Waals surface area contributed by atoms with Gasteiger partial charge in [-0.25, -0.2) is 8.42 Å². The van der Waals surface area contributed by atoms with Crippen molar-refractivity contribution in [1.82, 2.24) is 5.32 Å². The fourth-order valence-corrected chi connectivity index (χ4v) is 3.80. The molecule has 1 aromatic carbocycles. The number of rotatable bonds is 7. The van der Waals surface area contributed by atoms with Crippen molar-refractivity contribution in [3.8, 4) is 0 Å². The first-order valence-corrected chi connectivity index (χ1v) is 9.36. The number of hydrogen-bond acceptors (Lipinski definition) is 5. The molecule has 0 saturated carbocycles. The fourth-order valence-electron chi connectivity index (χ4n) is 2.54. The molecule has 1 fully saturated rings. The Balaban J connectivity index is 1.83. The van der Waals surface area contributed by atoms with Gasteiger partial charge in [0.1, 0.15) is 0 Å². The van der Waals surface area contributed by atoms with Crippen LogP contribution in [0.5, 0.6) is 0 Å². The van der Waals surface area contributed by atoms with E-state index in [1.54, 1.807) is 18.2 Å². The summed E-state index contributed by atoms with van der Waals surface area (Å²) in [5, 5.41) is 12.3. The molecule has 1 amide bonds. The Bertz CT molecular complexity index is 609. The van der Waals surface area contributed by atoms with Gasteiger partial charge >= 0.3 is 0 Å². The fraction of sp³-hybridized carbons (Fsp3) is 0.562. The molecule has 0 atom stereocenters. The molecule has 0 aliphatic carbocycles. The number of aliphatic hydroxyl groups is 1. The van der Waals surface area contributed by atoms with E-state index in [9.17, 15) is 18.3 Å². The van der Waals surface area contributed by atoms with Crippen molar-refractivity contribution in [2.45, 2.75) is 24.2 Å². The van der Waals surface area contributed by atoms with Crippen molar-refractivity contribution in [3.63, 3.8) is 0 Å². The molecule has 0 aromatic heterocycles. The average Bonchev–Trinajstić information content (AvgIpc) is 2.60. The van der Waals surface area contributed by atoms with Gasteiger partial charge in [-0.15, -0.1) is 0 Å². The third kappa shape index (κ3) is 5.02. The molecule has 0 unspecified atom stereocenters. The van der Waals surface area contributed by atoms with E-state index in [2.05, 4.69) is 5.32 Å². The van der Waals surface area contributed by atoms with Crippen LogP contribution in [0.2, 0.25) is 0 Å². The molecule has 1 heterocycles. The van der Waals surface area contributed by atoms with Crippen LogP contribution in [0.3, 0.4) is 0 Å². The number of benzene rings is 1. The molecule has 1 aliphatic rings. The maximum absolute atomic E-state index is 12.1. The minimum absolute atomic E-state index is 0.0149. The van der Waals surface area contributed by atoms with E-state index in [4.69, 9.17) is 4.74 Å². The SMILES string of the molecule is O=C(CCS(=O)(=O)c1ccccc1)NCC1(CO)CCOCC1. The Morgan fingerprint density at radius 2 is 1.87 bits per heavy atom. The van der Waals surface area contributed by atoms with Crippen molar-refractivity contribution in [2.75, 3.05) is 32.1 Å². The van der Waals surface area contributed by atoms with E-state index in [-0.39, 0.29) is 35.0 Å². The molecule has 0 spiro atoms. The normalized spacial score (nSPS) is 17.6. The maximum atomic E-state index is 12.1. The second-order valence-corrected chi connectivity index (χ2v) is 8.04. The second kappa shape index (κ2) is 7.90. The predicted molar refractivity (Wildman–Crippen MR) is 85.7 cm³/mol. The van der Waals surface area contributed by atoms with Crippen LogP contribution in [0.25, 0.3) is 0 Å². The summed E-state index contributed by atoms with van der Waals surface area (Å²) in [5.74, 6) is -0.540. The van der Waals surface area contributed by atoms with Gasteiger partial charge in [0.05, 0.1) is 17.3 Å². The van der Waals surface area contributed by atoms with Crippen LogP contribution in [0.4, 0.5) is 0 Å². The smallest absolute Gasteiger partial charge is 0.221 e. The summed E-state index contributed by atoms with van der Waals surface area (Å²) in [7, 11) is -3.45. The minimum Gasteiger partial charge on any atom is -0.396 e. The first kappa shape index (κ1) is 17.9. The van der Waals surface area contributed by atoms with Gasteiger partial charge in [-0.1, -0.05) is 18.2 Å². The number of ether oxygens (including phenoxy) is 1. The van der Waals surface area contributed by atoms with Crippen molar-refractivity contribution < 1.29 is 23.1 Å². The number of carbonyl (C=O) groups excluding carboxylic acids is 1. The molecule has 7 heteroatoms. The van der Waals surface area contributed by atoms with Gasteiger partial charge in [0.25, 0.3) is 0 Å². The Kier molecular flexibility index (Phi) is 6.15. The summed E-state index contributed by atoms with van der Waals surface area (Å²) >= 11 is 0. The topological polar surface area (TPSA) is 92.7 Å². The lowest BCUT2D eigenvalue weighted by atomic mass is 9.81. The molecular weight excluding hydrogens is 318 g/mol. The second-order valence-electron chi connectivity index (χ2n) is 5.93. The van der Waals surface area contributed by atoms with E-state index >= 15 is 0 Å². The minimum atomic E-state index is -3.45. The molecule has 2 rings (SSSR count). The van der Waals surface area contributed by atoms with Gasteiger partial charge in [-0.05, 0) is 25.0 Å². The molecule has 0 bridgehead atoms. The summed E-state index contributed by atoms with van der Waals surface area (Å²) in [6.07, 6.45) is 1.29. The first-order valence-electron chi connectivity index (χ1n) is 7.71. The molecule has 0 radical (unpaired) electrons. The van der Waals surface area contributed by atoms with Gasteiger partial charge in [0.15, 0.2) is 9.84 Å². The molecule has 1 aromatic rings. The molecule has 128 valence electrons. The lowest BCUT2D eigenvalue weighted by Gasteiger charge is -2.35. The zero-order valence-corrected chi connectivity index (χ0v) is 13.8. The average molecular weight is 341 g/mol. The van der Waals surface area contributed by atoms with E-state index < -0.39 is 9.84 Å². The van der Waals surface area contributed by atoms with Gasteiger partial charge in [0, 0.05) is 31.6 Å². The number of nitrogens with one attached hydrogen (secondary N) is 1. The van der Waals surface area contributed by atoms with E-state index in [0.717, 1.165) is 0 Å². The predicted octanol–water partition coefficient (Wildman–Crippen LogP) is 0.756.